The molecule has 2 aliphatic rings. The van der Waals surface area contributed by atoms with Crippen molar-refractivity contribution < 1.29 is 4.79 Å². The second-order valence-electron chi connectivity index (χ2n) is 5.33. The maximum Gasteiger partial charge on any atom is 0.241 e. The third-order valence-electron chi connectivity index (χ3n) is 3.76. The maximum atomic E-state index is 12.2. The van der Waals surface area contributed by atoms with Gasteiger partial charge in [0, 0.05) is 19.6 Å². The highest BCUT2D eigenvalue weighted by Gasteiger charge is 2.35. The number of nitrogens with zero attached hydrogens (tertiary/aromatic N) is 1. The van der Waals surface area contributed by atoms with Crippen LogP contribution < -0.4 is 10.7 Å². The number of nitrogens with one attached hydrogen (secondary N) is 2. The summed E-state index contributed by atoms with van der Waals surface area (Å²) in [7, 11) is 0. The van der Waals surface area contributed by atoms with Crippen LogP contribution in [0.4, 0.5) is 0 Å². The first kappa shape index (κ1) is 11.9. The van der Waals surface area contributed by atoms with Crippen molar-refractivity contribution in [2.45, 2.75) is 39.0 Å². The van der Waals surface area contributed by atoms with E-state index in [1.54, 1.807) is 0 Å². The van der Waals surface area contributed by atoms with Crippen LogP contribution in [0, 0.1) is 5.41 Å². The lowest BCUT2D eigenvalue weighted by molar-refractivity contribution is -0.136. The van der Waals surface area contributed by atoms with Crippen LogP contribution in [-0.2, 0) is 4.79 Å². The van der Waals surface area contributed by atoms with Crippen molar-refractivity contribution in [3.05, 3.63) is 0 Å². The minimum atomic E-state index is -0.213. The topological polar surface area (TPSA) is 44.4 Å². The first-order valence-corrected chi connectivity index (χ1v) is 6.47. The molecule has 0 aromatic heterocycles. The van der Waals surface area contributed by atoms with E-state index in [1.807, 2.05) is 0 Å². The van der Waals surface area contributed by atoms with Crippen molar-refractivity contribution in [3.8, 4) is 0 Å². The van der Waals surface area contributed by atoms with E-state index in [2.05, 4.69) is 22.7 Å². The number of hydrazine groups is 1. The third kappa shape index (κ3) is 2.74. The fourth-order valence-corrected chi connectivity index (χ4v) is 2.53. The molecule has 2 aliphatic heterocycles. The minimum absolute atomic E-state index is 0.196. The molecule has 2 heterocycles. The summed E-state index contributed by atoms with van der Waals surface area (Å²) >= 11 is 0. The van der Waals surface area contributed by atoms with Crippen molar-refractivity contribution in [2.24, 2.45) is 5.41 Å². The molecule has 92 valence electrons. The highest BCUT2D eigenvalue weighted by molar-refractivity contribution is 5.82. The molecule has 2 rings (SSSR count). The van der Waals surface area contributed by atoms with Gasteiger partial charge in [-0.1, -0.05) is 6.42 Å². The van der Waals surface area contributed by atoms with Crippen molar-refractivity contribution in [3.63, 3.8) is 0 Å². The van der Waals surface area contributed by atoms with Crippen molar-refractivity contribution in [1.29, 1.82) is 0 Å². The van der Waals surface area contributed by atoms with Crippen molar-refractivity contribution >= 4 is 5.91 Å². The van der Waals surface area contributed by atoms with Gasteiger partial charge >= 0.3 is 0 Å². The zero-order valence-corrected chi connectivity index (χ0v) is 10.2. The van der Waals surface area contributed by atoms with E-state index in [4.69, 9.17) is 0 Å². The molecule has 2 fully saturated rings. The summed E-state index contributed by atoms with van der Waals surface area (Å²) in [6, 6.07) is 0. The molecule has 2 saturated heterocycles. The number of amides is 1. The predicted octanol–water partition coefficient (Wildman–Crippen LogP) is 0.893. The van der Waals surface area contributed by atoms with Gasteiger partial charge in [0.25, 0.3) is 0 Å². The molecular weight excluding hydrogens is 202 g/mol. The lowest BCUT2D eigenvalue weighted by Crippen LogP contribution is -2.54. The van der Waals surface area contributed by atoms with Gasteiger partial charge in [0.05, 0.1) is 5.41 Å². The number of hydrogen-bond donors (Lipinski definition) is 2. The monoisotopic (exact) mass is 225 g/mol. The van der Waals surface area contributed by atoms with Crippen LogP contribution in [0.25, 0.3) is 0 Å². The van der Waals surface area contributed by atoms with Crippen LogP contribution in [-0.4, -0.2) is 37.1 Å². The molecule has 1 unspecified atom stereocenters. The first-order valence-electron chi connectivity index (χ1n) is 6.47. The Balaban J connectivity index is 1.85. The molecule has 4 heteroatoms. The van der Waals surface area contributed by atoms with Crippen LogP contribution in [0.15, 0.2) is 0 Å². The Labute approximate surface area is 97.7 Å². The molecule has 1 amide bonds. The Morgan fingerprint density at radius 1 is 1.25 bits per heavy atom. The van der Waals surface area contributed by atoms with Gasteiger partial charge in [-0.05, 0) is 39.2 Å². The molecule has 0 aromatic rings. The Morgan fingerprint density at radius 2 is 2.00 bits per heavy atom. The second kappa shape index (κ2) is 5.15. The highest BCUT2D eigenvalue weighted by Crippen LogP contribution is 2.25. The van der Waals surface area contributed by atoms with E-state index in [9.17, 15) is 4.79 Å². The van der Waals surface area contributed by atoms with Crippen LogP contribution in [0.5, 0.6) is 0 Å². The van der Waals surface area contributed by atoms with E-state index in [0.29, 0.717) is 0 Å². The molecule has 16 heavy (non-hydrogen) atoms. The number of hydrogen-bond acceptors (Lipinski definition) is 3. The average Bonchev–Trinajstić information content (AvgIpc) is 2.31. The van der Waals surface area contributed by atoms with E-state index < -0.39 is 0 Å². The first-order chi connectivity index (χ1) is 7.71. The third-order valence-corrected chi connectivity index (χ3v) is 3.76. The van der Waals surface area contributed by atoms with Gasteiger partial charge in [-0.2, -0.15) is 0 Å². The molecule has 1 atom stereocenters. The van der Waals surface area contributed by atoms with E-state index >= 15 is 0 Å². The van der Waals surface area contributed by atoms with Gasteiger partial charge < -0.3 is 5.32 Å². The second-order valence-corrected chi connectivity index (χ2v) is 5.33. The van der Waals surface area contributed by atoms with Crippen molar-refractivity contribution in [2.75, 3.05) is 26.2 Å². The van der Waals surface area contributed by atoms with E-state index in [0.717, 1.165) is 39.0 Å². The SMILES string of the molecule is CC1(C(=O)NN2CCCCC2)CCCNC1. The molecule has 0 spiro atoms. The Hall–Kier alpha value is -0.610. The molecule has 2 N–H and O–H groups in total. The van der Waals surface area contributed by atoms with Crippen LogP contribution in [0.2, 0.25) is 0 Å². The summed E-state index contributed by atoms with van der Waals surface area (Å²) in [6.45, 7) is 5.95. The van der Waals surface area contributed by atoms with E-state index in [1.165, 1.54) is 19.3 Å². The molecule has 0 aromatic carbocycles. The zero-order chi connectivity index (χ0) is 11.4. The summed E-state index contributed by atoms with van der Waals surface area (Å²) in [5.74, 6) is 0.196. The molecule has 0 radical (unpaired) electrons. The van der Waals surface area contributed by atoms with Gasteiger partial charge in [0.2, 0.25) is 5.91 Å². The highest BCUT2D eigenvalue weighted by atomic mass is 16.2. The van der Waals surface area contributed by atoms with Gasteiger partial charge in [0.1, 0.15) is 0 Å². The summed E-state index contributed by atoms with van der Waals surface area (Å²) in [4.78, 5) is 12.2. The summed E-state index contributed by atoms with van der Waals surface area (Å²) < 4.78 is 0. The number of rotatable bonds is 2. The minimum Gasteiger partial charge on any atom is -0.316 e. The van der Waals surface area contributed by atoms with E-state index in [-0.39, 0.29) is 11.3 Å². The summed E-state index contributed by atoms with van der Waals surface area (Å²) in [6.07, 6.45) is 5.80. The Kier molecular flexibility index (Phi) is 3.82. The smallest absolute Gasteiger partial charge is 0.241 e. The van der Waals surface area contributed by atoms with Gasteiger partial charge in [-0.3, -0.25) is 10.2 Å². The van der Waals surface area contributed by atoms with Gasteiger partial charge in [-0.15, -0.1) is 0 Å². The Bertz CT molecular complexity index is 243. The number of carbonyl (C=O) groups is 1. The largest absolute Gasteiger partial charge is 0.316 e. The van der Waals surface area contributed by atoms with Gasteiger partial charge in [0.15, 0.2) is 0 Å². The summed E-state index contributed by atoms with van der Waals surface area (Å²) in [5.41, 5.74) is 2.87. The molecule has 0 aliphatic carbocycles. The van der Waals surface area contributed by atoms with Crippen LogP contribution in [0.3, 0.4) is 0 Å². The molecule has 0 saturated carbocycles. The van der Waals surface area contributed by atoms with Crippen molar-refractivity contribution in [1.82, 2.24) is 15.8 Å². The lowest BCUT2D eigenvalue weighted by Gasteiger charge is -2.36. The predicted molar refractivity (Wildman–Crippen MR) is 63.8 cm³/mol. The average molecular weight is 225 g/mol. The maximum absolute atomic E-state index is 12.2. The fraction of sp³-hybridized carbons (Fsp3) is 0.917. The van der Waals surface area contributed by atoms with Gasteiger partial charge in [-0.25, -0.2) is 5.01 Å². The Morgan fingerprint density at radius 3 is 2.62 bits per heavy atom. The van der Waals surface area contributed by atoms with Crippen LogP contribution in [0.1, 0.15) is 39.0 Å². The molecule has 4 nitrogen and oxygen atoms in total. The van der Waals surface area contributed by atoms with Crippen LogP contribution >= 0.6 is 0 Å². The fourth-order valence-electron chi connectivity index (χ4n) is 2.53. The normalized spacial score (nSPS) is 32.3. The summed E-state index contributed by atoms with van der Waals surface area (Å²) in [5, 5.41) is 5.40. The quantitative estimate of drug-likeness (QED) is 0.733. The molecule has 0 bridgehead atoms. The number of carbonyl (C=O) groups excluding carboxylic acids is 1. The zero-order valence-electron chi connectivity index (χ0n) is 10.2. The lowest BCUT2D eigenvalue weighted by atomic mass is 9.82. The molecular formula is C12H23N3O. The standard InChI is InChI=1S/C12H23N3O/c1-12(6-5-7-13-10-12)11(16)14-15-8-3-2-4-9-15/h13H,2-10H2,1H3,(H,14,16). The number of piperidine rings is 2.